The molecule has 0 saturated carbocycles. The van der Waals surface area contributed by atoms with E-state index in [2.05, 4.69) is 9.97 Å². The highest BCUT2D eigenvalue weighted by Crippen LogP contribution is 2.21. The summed E-state index contributed by atoms with van der Waals surface area (Å²) in [6.07, 6.45) is 0.944. The van der Waals surface area contributed by atoms with Crippen LogP contribution in [0.1, 0.15) is 22.5 Å². The van der Waals surface area contributed by atoms with Gasteiger partial charge in [0.2, 0.25) is 5.91 Å². The average Bonchev–Trinajstić information content (AvgIpc) is 2.56. The summed E-state index contributed by atoms with van der Waals surface area (Å²) in [5.74, 6) is 0.341. The lowest BCUT2D eigenvalue weighted by Crippen LogP contribution is -2.13. The minimum atomic E-state index is -0.328. The first-order valence-electron chi connectivity index (χ1n) is 7.96. The molecule has 0 spiro atoms. The summed E-state index contributed by atoms with van der Waals surface area (Å²) in [6, 6.07) is 17.3. The zero-order chi connectivity index (χ0) is 17.8. The number of aromatic nitrogens is 2. The molecule has 0 saturated heterocycles. The van der Waals surface area contributed by atoms with E-state index in [1.54, 1.807) is 0 Å². The van der Waals surface area contributed by atoms with E-state index in [0.29, 0.717) is 17.3 Å². The second-order valence-electron chi connectivity index (χ2n) is 5.97. The number of carbonyl (C=O) groups excluding carboxylic acids is 1. The molecule has 5 heteroatoms. The Labute approximate surface area is 151 Å². The predicted molar refractivity (Wildman–Crippen MR) is 99.4 cm³/mol. The lowest BCUT2D eigenvalue weighted by Gasteiger charge is -2.07. The molecule has 0 radical (unpaired) electrons. The molecule has 126 valence electrons. The van der Waals surface area contributed by atoms with E-state index in [-0.39, 0.29) is 12.3 Å². The van der Waals surface area contributed by atoms with E-state index in [1.165, 1.54) is 0 Å². The van der Waals surface area contributed by atoms with E-state index in [0.717, 1.165) is 28.1 Å². The minimum absolute atomic E-state index is 0.256. The second-order valence-corrected chi connectivity index (χ2v) is 6.41. The van der Waals surface area contributed by atoms with Gasteiger partial charge in [-0.25, -0.2) is 9.97 Å². The third-order valence-corrected chi connectivity index (χ3v) is 4.01. The van der Waals surface area contributed by atoms with Gasteiger partial charge in [0.1, 0.15) is 0 Å². The van der Waals surface area contributed by atoms with Crippen molar-refractivity contribution in [2.75, 3.05) is 0 Å². The fraction of sp³-hybridized carbons (Fsp3) is 0.150. The zero-order valence-corrected chi connectivity index (χ0v) is 14.6. The monoisotopic (exact) mass is 351 g/mol. The van der Waals surface area contributed by atoms with Crippen LogP contribution in [0.25, 0.3) is 11.4 Å². The first-order chi connectivity index (χ1) is 12.0. The quantitative estimate of drug-likeness (QED) is 0.761. The number of nitrogens with zero attached hydrogens (tertiary/aromatic N) is 2. The fourth-order valence-corrected chi connectivity index (χ4v) is 2.86. The zero-order valence-electron chi connectivity index (χ0n) is 13.9. The highest BCUT2D eigenvalue weighted by atomic mass is 35.5. The molecule has 0 bridgehead atoms. The van der Waals surface area contributed by atoms with E-state index in [4.69, 9.17) is 17.3 Å². The Hall–Kier alpha value is -2.72. The summed E-state index contributed by atoms with van der Waals surface area (Å²) >= 11 is 6.07. The number of rotatable bonds is 5. The molecule has 0 aliphatic rings. The third kappa shape index (κ3) is 4.64. The van der Waals surface area contributed by atoms with Crippen molar-refractivity contribution in [1.29, 1.82) is 0 Å². The third-order valence-electron chi connectivity index (χ3n) is 3.78. The summed E-state index contributed by atoms with van der Waals surface area (Å²) < 4.78 is 0. The lowest BCUT2D eigenvalue weighted by atomic mass is 10.0. The van der Waals surface area contributed by atoms with Gasteiger partial charge in [-0.2, -0.15) is 0 Å². The Kier molecular flexibility index (Phi) is 5.10. The second kappa shape index (κ2) is 7.45. The molecule has 1 amide bonds. The molecule has 0 unspecified atom stereocenters. The summed E-state index contributed by atoms with van der Waals surface area (Å²) in [7, 11) is 0. The van der Waals surface area contributed by atoms with Gasteiger partial charge in [-0.15, -0.1) is 0 Å². The van der Waals surface area contributed by atoms with Gasteiger partial charge in [0.25, 0.3) is 0 Å². The highest BCUT2D eigenvalue weighted by molar-refractivity contribution is 6.30. The van der Waals surface area contributed by atoms with Crippen LogP contribution in [-0.2, 0) is 17.6 Å². The number of primary amides is 1. The molecule has 25 heavy (non-hydrogen) atoms. The summed E-state index contributed by atoms with van der Waals surface area (Å²) in [5.41, 5.74) is 9.99. The van der Waals surface area contributed by atoms with Gasteiger partial charge in [0.05, 0.1) is 6.42 Å². The van der Waals surface area contributed by atoms with Gasteiger partial charge in [-0.05, 0) is 36.2 Å². The van der Waals surface area contributed by atoms with Gasteiger partial charge in [-0.3, -0.25) is 4.79 Å². The van der Waals surface area contributed by atoms with Crippen molar-refractivity contribution >= 4 is 17.5 Å². The van der Waals surface area contributed by atoms with Gasteiger partial charge in [-0.1, -0.05) is 48.0 Å². The van der Waals surface area contributed by atoms with Gasteiger partial charge in [0.15, 0.2) is 5.82 Å². The molecule has 0 aliphatic carbocycles. The molecule has 3 rings (SSSR count). The van der Waals surface area contributed by atoms with E-state index < -0.39 is 0 Å². The SMILES string of the molecule is Cc1cc(Cc2ccc(CC(N)=O)cc2)nc(-c2cccc(Cl)c2)n1. The molecule has 2 N–H and O–H groups in total. The van der Waals surface area contributed by atoms with E-state index >= 15 is 0 Å². The molecule has 0 aliphatic heterocycles. The molecular weight excluding hydrogens is 334 g/mol. The normalized spacial score (nSPS) is 10.6. The van der Waals surface area contributed by atoms with Crippen LogP contribution < -0.4 is 5.73 Å². The number of hydrogen-bond acceptors (Lipinski definition) is 3. The van der Waals surface area contributed by atoms with Gasteiger partial charge < -0.3 is 5.73 Å². The number of carbonyl (C=O) groups is 1. The Morgan fingerprint density at radius 2 is 1.76 bits per heavy atom. The number of nitrogens with two attached hydrogens (primary N) is 1. The van der Waals surface area contributed by atoms with Crippen molar-refractivity contribution in [1.82, 2.24) is 9.97 Å². The fourth-order valence-electron chi connectivity index (χ4n) is 2.67. The summed E-state index contributed by atoms with van der Waals surface area (Å²) in [5, 5.41) is 0.661. The van der Waals surface area contributed by atoms with Crippen LogP contribution >= 0.6 is 11.6 Å². The Bertz CT molecular complexity index is 907. The summed E-state index contributed by atoms with van der Waals surface area (Å²) in [4.78, 5) is 20.2. The molecule has 1 aromatic heterocycles. The predicted octanol–water partition coefficient (Wildman–Crippen LogP) is 3.72. The standard InChI is InChI=1S/C20H18ClN3O/c1-13-9-18(10-14-5-7-15(8-6-14)11-19(22)25)24-20(23-13)16-3-2-4-17(21)12-16/h2-9,12H,10-11H2,1H3,(H2,22,25). The Balaban J connectivity index is 1.84. The van der Waals surface area contributed by atoms with Crippen molar-refractivity contribution in [2.45, 2.75) is 19.8 Å². The minimum Gasteiger partial charge on any atom is -0.369 e. The first-order valence-corrected chi connectivity index (χ1v) is 8.34. The van der Waals surface area contributed by atoms with Crippen LogP contribution in [0, 0.1) is 6.92 Å². The molecular formula is C20H18ClN3O. The van der Waals surface area contributed by atoms with Crippen LogP contribution in [-0.4, -0.2) is 15.9 Å². The number of hydrogen-bond donors (Lipinski definition) is 1. The molecule has 1 heterocycles. The number of amides is 1. The maximum Gasteiger partial charge on any atom is 0.221 e. The number of halogens is 1. The van der Waals surface area contributed by atoms with Crippen LogP contribution in [0.5, 0.6) is 0 Å². The topological polar surface area (TPSA) is 68.9 Å². The first kappa shape index (κ1) is 17.1. The molecule has 0 atom stereocenters. The van der Waals surface area contributed by atoms with Crippen LogP contribution in [0.2, 0.25) is 5.02 Å². The number of benzene rings is 2. The van der Waals surface area contributed by atoms with Crippen molar-refractivity contribution in [3.8, 4) is 11.4 Å². The van der Waals surface area contributed by atoms with Crippen LogP contribution in [0.15, 0.2) is 54.6 Å². The Morgan fingerprint density at radius 1 is 1.04 bits per heavy atom. The molecule has 4 nitrogen and oxygen atoms in total. The van der Waals surface area contributed by atoms with Gasteiger partial charge in [0, 0.05) is 28.4 Å². The van der Waals surface area contributed by atoms with E-state index in [1.807, 2.05) is 61.5 Å². The maximum atomic E-state index is 11.0. The summed E-state index contributed by atoms with van der Waals surface area (Å²) in [6.45, 7) is 1.95. The van der Waals surface area contributed by atoms with Crippen molar-refractivity contribution < 1.29 is 4.79 Å². The van der Waals surface area contributed by atoms with E-state index in [9.17, 15) is 4.79 Å². The molecule has 2 aromatic carbocycles. The average molecular weight is 352 g/mol. The Morgan fingerprint density at radius 3 is 2.44 bits per heavy atom. The molecule has 3 aromatic rings. The smallest absolute Gasteiger partial charge is 0.221 e. The number of aryl methyl sites for hydroxylation is 1. The largest absolute Gasteiger partial charge is 0.369 e. The lowest BCUT2D eigenvalue weighted by molar-refractivity contribution is -0.117. The van der Waals surface area contributed by atoms with Crippen LogP contribution in [0.3, 0.4) is 0 Å². The van der Waals surface area contributed by atoms with Crippen molar-refractivity contribution in [3.63, 3.8) is 0 Å². The highest BCUT2D eigenvalue weighted by Gasteiger charge is 2.07. The van der Waals surface area contributed by atoms with Crippen molar-refractivity contribution in [2.24, 2.45) is 5.73 Å². The van der Waals surface area contributed by atoms with Gasteiger partial charge >= 0.3 is 0 Å². The van der Waals surface area contributed by atoms with Crippen LogP contribution in [0.4, 0.5) is 0 Å². The molecule has 0 fully saturated rings. The maximum absolute atomic E-state index is 11.0. The van der Waals surface area contributed by atoms with Crippen molar-refractivity contribution in [3.05, 3.63) is 82.1 Å².